The summed E-state index contributed by atoms with van der Waals surface area (Å²) in [6, 6.07) is 8.77. The average Bonchev–Trinajstić information content (AvgIpc) is 2.69. The summed E-state index contributed by atoms with van der Waals surface area (Å²) in [5.41, 5.74) is 0.904. The summed E-state index contributed by atoms with van der Waals surface area (Å²) >= 11 is 1.49. The van der Waals surface area contributed by atoms with Crippen LogP contribution < -0.4 is 0 Å². The third kappa shape index (κ3) is 2.54. The number of hydrogen-bond donors (Lipinski definition) is 1. The fraction of sp³-hybridized carbons (Fsp3) is 0.529. The molecule has 23 heavy (non-hydrogen) atoms. The van der Waals surface area contributed by atoms with E-state index in [1.54, 1.807) is 6.92 Å². The lowest BCUT2D eigenvalue weighted by Crippen LogP contribution is -2.67. The van der Waals surface area contributed by atoms with Crippen LogP contribution in [0.2, 0.25) is 0 Å². The highest BCUT2D eigenvalue weighted by Crippen LogP contribution is 2.60. The number of carbonyl (C=O) groups excluding carboxylic acids is 2. The maximum atomic E-state index is 12.6. The Hall–Kier alpha value is -1.53. The smallest absolute Gasteiger partial charge is 0.330 e. The van der Waals surface area contributed by atoms with E-state index in [9.17, 15) is 14.7 Å². The second-order valence-electron chi connectivity index (χ2n) is 6.66. The quantitative estimate of drug-likeness (QED) is 0.673. The largest absolute Gasteiger partial charge is 0.459 e. The summed E-state index contributed by atoms with van der Waals surface area (Å²) < 4.78 is 4.94. The molecule has 2 aliphatic heterocycles. The van der Waals surface area contributed by atoms with Crippen LogP contribution in [0.4, 0.5) is 0 Å². The molecule has 3 atom stereocenters. The summed E-state index contributed by atoms with van der Waals surface area (Å²) in [5.74, 6) is -0.521. The molecule has 2 heterocycles. The van der Waals surface area contributed by atoms with Crippen LogP contribution in [0.1, 0.15) is 32.8 Å². The first-order chi connectivity index (χ1) is 10.8. The second kappa shape index (κ2) is 5.53. The van der Waals surface area contributed by atoms with Crippen molar-refractivity contribution in [2.24, 2.45) is 0 Å². The third-order valence-corrected chi connectivity index (χ3v) is 6.32. The van der Waals surface area contributed by atoms with E-state index in [1.165, 1.54) is 16.7 Å². The first-order valence-electron chi connectivity index (χ1n) is 7.69. The van der Waals surface area contributed by atoms with Crippen LogP contribution in [0.25, 0.3) is 0 Å². The molecule has 1 aromatic carbocycles. The molecule has 2 aliphatic rings. The average molecular weight is 335 g/mol. The van der Waals surface area contributed by atoms with E-state index in [4.69, 9.17) is 4.74 Å². The molecule has 0 bridgehead atoms. The third-order valence-electron chi connectivity index (χ3n) is 4.54. The van der Waals surface area contributed by atoms with Crippen LogP contribution in [-0.4, -0.2) is 43.6 Å². The molecule has 0 saturated carbocycles. The van der Waals surface area contributed by atoms with Crippen LogP contribution in [0.5, 0.6) is 0 Å². The standard InChI is InChI=1S/C17H21NO4S/c1-11(19)17-9-13(20)18(17)14(16(2,3)23-17)15(21)22-10-12-7-5-4-6-8-12/h4-8,11,14,19H,9-10H2,1-3H3/t11-,14+,17?/m1/s1. The molecule has 1 amide bonds. The number of nitrogens with zero attached hydrogens (tertiary/aromatic N) is 1. The Morgan fingerprint density at radius 2 is 2.09 bits per heavy atom. The summed E-state index contributed by atoms with van der Waals surface area (Å²) in [6.45, 7) is 5.69. The minimum atomic E-state index is -0.698. The van der Waals surface area contributed by atoms with Gasteiger partial charge in [0.05, 0.1) is 12.5 Å². The molecule has 3 rings (SSSR count). The van der Waals surface area contributed by atoms with Crippen LogP contribution in [0.3, 0.4) is 0 Å². The minimum absolute atomic E-state index is 0.106. The van der Waals surface area contributed by atoms with Crippen molar-refractivity contribution in [3.63, 3.8) is 0 Å². The Balaban J connectivity index is 1.78. The van der Waals surface area contributed by atoms with Gasteiger partial charge in [-0.15, -0.1) is 11.8 Å². The lowest BCUT2D eigenvalue weighted by Gasteiger charge is -2.49. The predicted octanol–water partition coefficient (Wildman–Crippen LogP) is 1.93. The van der Waals surface area contributed by atoms with Crippen LogP contribution in [0.15, 0.2) is 30.3 Å². The Bertz CT molecular complexity index is 631. The number of ether oxygens (including phenoxy) is 1. The fourth-order valence-electron chi connectivity index (χ4n) is 3.41. The Labute approximate surface area is 140 Å². The van der Waals surface area contributed by atoms with Gasteiger partial charge in [0.2, 0.25) is 5.91 Å². The number of aliphatic hydroxyl groups is 1. The lowest BCUT2D eigenvalue weighted by atomic mass is 9.90. The molecule has 0 radical (unpaired) electrons. The molecule has 0 spiro atoms. The van der Waals surface area contributed by atoms with Gasteiger partial charge in [-0.05, 0) is 26.3 Å². The van der Waals surface area contributed by atoms with Gasteiger partial charge in [0.1, 0.15) is 17.5 Å². The summed E-state index contributed by atoms with van der Waals surface area (Å²) in [7, 11) is 0. The van der Waals surface area contributed by atoms with Crippen LogP contribution in [-0.2, 0) is 20.9 Å². The zero-order chi connectivity index (χ0) is 16.8. The van der Waals surface area contributed by atoms with Gasteiger partial charge >= 0.3 is 5.97 Å². The zero-order valence-corrected chi connectivity index (χ0v) is 14.3. The first-order valence-corrected chi connectivity index (χ1v) is 8.50. The fourth-order valence-corrected chi connectivity index (χ4v) is 5.30. The zero-order valence-electron chi connectivity index (χ0n) is 13.5. The molecule has 6 heteroatoms. The van der Waals surface area contributed by atoms with Gasteiger partial charge in [0, 0.05) is 4.75 Å². The SMILES string of the molecule is C[C@@H](O)C12CC(=O)N1[C@@H](C(=O)OCc1ccccc1)C(C)(C)S2. The predicted molar refractivity (Wildman–Crippen MR) is 87.6 cm³/mol. The van der Waals surface area contributed by atoms with Gasteiger partial charge in [-0.3, -0.25) is 4.79 Å². The normalized spacial score (nSPS) is 29.7. The van der Waals surface area contributed by atoms with E-state index in [0.717, 1.165) is 5.56 Å². The van der Waals surface area contributed by atoms with Crippen LogP contribution >= 0.6 is 11.8 Å². The maximum absolute atomic E-state index is 12.6. The number of carbonyl (C=O) groups is 2. The van der Waals surface area contributed by atoms with E-state index in [2.05, 4.69) is 0 Å². The van der Waals surface area contributed by atoms with Crippen molar-refractivity contribution < 1.29 is 19.4 Å². The number of β-lactam (4-membered cyclic amide) rings is 1. The molecular weight excluding hydrogens is 314 g/mol. The molecular formula is C17H21NO4S. The number of amides is 1. The maximum Gasteiger partial charge on any atom is 0.330 e. The van der Waals surface area contributed by atoms with Crippen molar-refractivity contribution in [1.82, 2.24) is 4.90 Å². The molecule has 0 aliphatic carbocycles. The van der Waals surface area contributed by atoms with Gasteiger partial charge in [0.15, 0.2) is 0 Å². The summed E-state index contributed by atoms with van der Waals surface area (Å²) in [4.78, 5) is 25.5. The highest BCUT2D eigenvalue weighted by Gasteiger charge is 2.69. The number of aliphatic hydroxyl groups excluding tert-OH is 1. The lowest BCUT2D eigenvalue weighted by molar-refractivity contribution is -0.172. The van der Waals surface area contributed by atoms with Crippen molar-refractivity contribution in [2.45, 2.75) is 55.6 Å². The van der Waals surface area contributed by atoms with Crippen molar-refractivity contribution in [3.05, 3.63) is 35.9 Å². The number of benzene rings is 1. The van der Waals surface area contributed by atoms with E-state index in [0.29, 0.717) is 0 Å². The Morgan fingerprint density at radius 3 is 2.65 bits per heavy atom. The molecule has 5 nitrogen and oxygen atoms in total. The van der Waals surface area contributed by atoms with Crippen LogP contribution in [0, 0.1) is 0 Å². The van der Waals surface area contributed by atoms with Gasteiger partial charge in [-0.1, -0.05) is 30.3 Å². The van der Waals surface area contributed by atoms with Crippen molar-refractivity contribution >= 4 is 23.6 Å². The molecule has 2 saturated heterocycles. The van der Waals surface area contributed by atoms with E-state index in [1.807, 2.05) is 44.2 Å². The van der Waals surface area contributed by atoms with Gasteiger partial charge in [-0.25, -0.2) is 4.79 Å². The highest BCUT2D eigenvalue weighted by molar-refractivity contribution is 8.02. The van der Waals surface area contributed by atoms with Gasteiger partial charge in [-0.2, -0.15) is 0 Å². The van der Waals surface area contributed by atoms with Gasteiger partial charge < -0.3 is 14.7 Å². The molecule has 2 fully saturated rings. The van der Waals surface area contributed by atoms with E-state index >= 15 is 0 Å². The first kappa shape index (κ1) is 16.3. The molecule has 1 aromatic rings. The van der Waals surface area contributed by atoms with E-state index < -0.39 is 27.7 Å². The monoisotopic (exact) mass is 335 g/mol. The number of rotatable bonds is 4. The van der Waals surface area contributed by atoms with E-state index in [-0.39, 0.29) is 18.9 Å². The number of esters is 1. The topological polar surface area (TPSA) is 66.8 Å². The Kier molecular flexibility index (Phi) is 3.92. The molecule has 124 valence electrons. The number of fused-ring (bicyclic) bond motifs is 1. The number of thioether (sulfide) groups is 1. The highest BCUT2D eigenvalue weighted by atomic mass is 32.2. The summed E-state index contributed by atoms with van der Waals surface area (Å²) in [6.07, 6.45) is -0.433. The Morgan fingerprint density at radius 1 is 1.43 bits per heavy atom. The molecule has 1 unspecified atom stereocenters. The van der Waals surface area contributed by atoms with Crippen molar-refractivity contribution in [3.8, 4) is 0 Å². The second-order valence-corrected chi connectivity index (χ2v) is 8.63. The minimum Gasteiger partial charge on any atom is -0.459 e. The molecule has 0 aromatic heterocycles. The van der Waals surface area contributed by atoms with Crippen molar-refractivity contribution in [2.75, 3.05) is 0 Å². The number of hydrogen-bond acceptors (Lipinski definition) is 5. The van der Waals surface area contributed by atoms with Crippen molar-refractivity contribution in [1.29, 1.82) is 0 Å². The molecule has 1 N–H and O–H groups in total. The van der Waals surface area contributed by atoms with Gasteiger partial charge in [0.25, 0.3) is 0 Å². The summed E-state index contributed by atoms with van der Waals surface area (Å²) in [5, 5.41) is 10.1.